The summed E-state index contributed by atoms with van der Waals surface area (Å²) in [5.41, 5.74) is 1.46. The second kappa shape index (κ2) is 11.2. The summed E-state index contributed by atoms with van der Waals surface area (Å²) in [5, 5.41) is 3.26. The lowest BCUT2D eigenvalue weighted by molar-refractivity contribution is -0.143. The van der Waals surface area contributed by atoms with Crippen molar-refractivity contribution < 1.29 is 28.5 Å². The molecule has 0 unspecified atom stereocenters. The van der Waals surface area contributed by atoms with E-state index in [1.165, 1.54) is 26.0 Å². The summed E-state index contributed by atoms with van der Waals surface area (Å²) in [4.78, 5) is 28.8. The predicted octanol–water partition coefficient (Wildman–Crippen LogP) is 4.14. The van der Waals surface area contributed by atoms with Crippen LogP contribution in [-0.4, -0.2) is 44.5 Å². The van der Waals surface area contributed by atoms with Crippen LogP contribution in [0.3, 0.4) is 0 Å². The number of hydrogen-bond donors (Lipinski definition) is 1. The van der Waals surface area contributed by atoms with Crippen LogP contribution in [0.1, 0.15) is 12.5 Å². The number of aliphatic imine (C=N–C) groups is 1. The van der Waals surface area contributed by atoms with Crippen LogP contribution in [0.2, 0.25) is 0 Å². The number of benzene rings is 2. The molecule has 168 valence electrons. The third-order valence-corrected chi connectivity index (χ3v) is 5.85. The molecule has 0 spiro atoms. The molecule has 1 aliphatic rings. The number of rotatable bonds is 8. The van der Waals surface area contributed by atoms with Crippen molar-refractivity contribution in [1.29, 1.82) is 0 Å². The molecule has 0 aromatic heterocycles. The van der Waals surface area contributed by atoms with E-state index in [1.54, 1.807) is 12.1 Å². The highest BCUT2D eigenvalue weighted by Gasteiger charge is 2.24. The Morgan fingerprint density at radius 2 is 1.94 bits per heavy atom. The van der Waals surface area contributed by atoms with E-state index in [2.05, 4.69) is 37.6 Å². The zero-order chi connectivity index (χ0) is 23.1. The van der Waals surface area contributed by atoms with Gasteiger partial charge in [-0.15, -0.1) is 0 Å². The van der Waals surface area contributed by atoms with Gasteiger partial charge >= 0.3 is 5.97 Å². The summed E-state index contributed by atoms with van der Waals surface area (Å²) >= 11 is 3.33. The number of methoxy groups -OCH3 is 2. The standard InChI is InChI=1S/C22H21IN2O6S/c1-4-30-15-7-5-14(6-8-15)24-22-25-21(27)18(32-22)11-13-9-16(23)20(17(10-13)28-2)31-12-19(26)29-3/h5-11H,4,12H2,1-3H3,(H,24,25,27)/b18-11+. The summed E-state index contributed by atoms with van der Waals surface area (Å²) in [6, 6.07) is 10.9. The first-order chi connectivity index (χ1) is 15.4. The zero-order valence-corrected chi connectivity index (χ0v) is 20.6. The second-order valence-corrected chi connectivity index (χ2v) is 8.50. The monoisotopic (exact) mass is 568 g/mol. The molecular formula is C22H21IN2O6S. The van der Waals surface area contributed by atoms with Crippen molar-refractivity contribution in [3.05, 3.63) is 50.4 Å². The molecule has 8 nitrogen and oxygen atoms in total. The summed E-state index contributed by atoms with van der Waals surface area (Å²) < 4.78 is 21.7. The van der Waals surface area contributed by atoms with Crippen molar-refractivity contribution in [3.63, 3.8) is 0 Å². The lowest BCUT2D eigenvalue weighted by Crippen LogP contribution is -2.19. The van der Waals surface area contributed by atoms with Crippen LogP contribution in [0.4, 0.5) is 5.69 Å². The van der Waals surface area contributed by atoms with Crippen molar-refractivity contribution >= 4 is 63.2 Å². The van der Waals surface area contributed by atoms with Gasteiger partial charge in [0.2, 0.25) is 0 Å². The van der Waals surface area contributed by atoms with Crippen LogP contribution in [0.5, 0.6) is 17.2 Å². The predicted molar refractivity (Wildman–Crippen MR) is 132 cm³/mol. The van der Waals surface area contributed by atoms with E-state index in [1.807, 2.05) is 37.3 Å². The Balaban J connectivity index is 1.78. The summed E-state index contributed by atoms with van der Waals surface area (Å²) in [6.07, 6.45) is 1.75. The zero-order valence-electron chi connectivity index (χ0n) is 17.6. The minimum atomic E-state index is -0.493. The van der Waals surface area contributed by atoms with Gasteiger partial charge in [0, 0.05) is 0 Å². The summed E-state index contributed by atoms with van der Waals surface area (Å²) in [6.45, 7) is 2.29. The number of esters is 1. The highest BCUT2D eigenvalue weighted by Crippen LogP contribution is 2.36. The Kier molecular flexibility index (Phi) is 8.39. The Morgan fingerprint density at radius 3 is 2.59 bits per heavy atom. The van der Waals surface area contributed by atoms with Crippen LogP contribution < -0.4 is 19.5 Å². The summed E-state index contributed by atoms with van der Waals surface area (Å²) in [7, 11) is 2.80. The molecule has 3 rings (SSSR count). The molecular weight excluding hydrogens is 547 g/mol. The third-order valence-electron chi connectivity index (χ3n) is 4.14. The molecule has 2 aromatic rings. The number of amidine groups is 1. The van der Waals surface area contributed by atoms with Gasteiger partial charge in [0.25, 0.3) is 5.91 Å². The maximum absolute atomic E-state index is 12.4. The van der Waals surface area contributed by atoms with Crippen LogP contribution >= 0.6 is 34.4 Å². The minimum absolute atomic E-state index is 0.229. The van der Waals surface area contributed by atoms with Crippen LogP contribution in [0.25, 0.3) is 6.08 Å². The van der Waals surface area contributed by atoms with Gasteiger partial charge in [0.15, 0.2) is 23.3 Å². The van der Waals surface area contributed by atoms with Crippen molar-refractivity contribution in [2.24, 2.45) is 4.99 Å². The number of amides is 1. The van der Waals surface area contributed by atoms with Gasteiger partial charge in [0.05, 0.1) is 35.0 Å². The average Bonchev–Trinajstić information content (AvgIpc) is 3.12. The van der Waals surface area contributed by atoms with Gasteiger partial charge in [-0.25, -0.2) is 9.79 Å². The molecule has 2 aromatic carbocycles. The van der Waals surface area contributed by atoms with E-state index in [0.29, 0.717) is 33.9 Å². The second-order valence-electron chi connectivity index (χ2n) is 6.31. The largest absolute Gasteiger partial charge is 0.494 e. The van der Waals surface area contributed by atoms with Gasteiger partial charge in [-0.2, -0.15) is 0 Å². The van der Waals surface area contributed by atoms with Gasteiger partial charge in [0.1, 0.15) is 5.75 Å². The van der Waals surface area contributed by atoms with E-state index >= 15 is 0 Å². The van der Waals surface area contributed by atoms with Crippen LogP contribution in [0.15, 0.2) is 46.3 Å². The highest BCUT2D eigenvalue weighted by atomic mass is 127. The number of nitrogens with one attached hydrogen (secondary N) is 1. The fourth-order valence-electron chi connectivity index (χ4n) is 2.69. The van der Waals surface area contributed by atoms with E-state index in [0.717, 1.165) is 14.9 Å². The van der Waals surface area contributed by atoms with Crippen molar-refractivity contribution in [3.8, 4) is 17.2 Å². The van der Waals surface area contributed by atoms with Gasteiger partial charge < -0.3 is 24.3 Å². The molecule has 10 heteroatoms. The first-order valence-corrected chi connectivity index (χ1v) is 11.4. The smallest absolute Gasteiger partial charge is 0.343 e. The number of hydrogen-bond acceptors (Lipinski definition) is 8. The molecule has 0 aliphatic carbocycles. The third kappa shape index (κ3) is 6.16. The van der Waals surface area contributed by atoms with Crippen molar-refractivity contribution in [1.82, 2.24) is 5.32 Å². The lowest BCUT2D eigenvalue weighted by atomic mass is 10.2. The lowest BCUT2D eigenvalue weighted by Gasteiger charge is -2.13. The number of nitrogens with zero attached hydrogens (tertiary/aromatic N) is 1. The highest BCUT2D eigenvalue weighted by molar-refractivity contribution is 14.1. The SMILES string of the molecule is CCOc1ccc(N=C2NC(=O)/C(=C\c3cc(I)c(OCC(=O)OC)c(OC)c3)S2)cc1. The molecule has 32 heavy (non-hydrogen) atoms. The van der Waals surface area contributed by atoms with Gasteiger partial charge in [-0.05, 0) is 89.3 Å². The number of halogens is 1. The fourth-order valence-corrected chi connectivity index (χ4v) is 4.31. The molecule has 1 heterocycles. The molecule has 0 atom stereocenters. The van der Waals surface area contributed by atoms with E-state index in [-0.39, 0.29) is 12.5 Å². The fraction of sp³-hybridized carbons (Fsp3) is 0.227. The number of ether oxygens (including phenoxy) is 4. The quantitative estimate of drug-likeness (QED) is 0.291. The Bertz CT molecular complexity index is 1070. The molecule has 0 radical (unpaired) electrons. The molecule has 0 saturated carbocycles. The van der Waals surface area contributed by atoms with Crippen LogP contribution in [0, 0.1) is 3.57 Å². The summed E-state index contributed by atoms with van der Waals surface area (Å²) in [5.74, 6) is 0.913. The molecule has 1 N–H and O–H groups in total. The first kappa shape index (κ1) is 23.9. The first-order valence-electron chi connectivity index (χ1n) is 9.53. The van der Waals surface area contributed by atoms with E-state index in [9.17, 15) is 9.59 Å². The molecule has 1 aliphatic heterocycles. The maximum atomic E-state index is 12.4. The number of thioether (sulfide) groups is 1. The van der Waals surface area contributed by atoms with E-state index < -0.39 is 5.97 Å². The molecule has 1 amide bonds. The average molecular weight is 568 g/mol. The van der Waals surface area contributed by atoms with Crippen molar-refractivity contribution in [2.75, 3.05) is 27.4 Å². The van der Waals surface area contributed by atoms with E-state index in [4.69, 9.17) is 14.2 Å². The number of carbonyl (C=O) groups excluding carboxylic acids is 2. The normalized spacial score (nSPS) is 15.6. The Hall–Kier alpha value is -2.73. The molecule has 1 fully saturated rings. The van der Waals surface area contributed by atoms with Crippen molar-refractivity contribution in [2.45, 2.75) is 6.92 Å². The topological polar surface area (TPSA) is 95.5 Å². The Labute approximate surface area is 203 Å². The van der Waals surface area contributed by atoms with Gasteiger partial charge in [-0.1, -0.05) is 0 Å². The number of carbonyl (C=O) groups is 2. The van der Waals surface area contributed by atoms with Crippen LogP contribution in [-0.2, 0) is 14.3 Å². The van der Waals surface area contributed by atoms with Gasteiger partial charge in [-0.3, -0.25) is 4.79 Å². The minimum Gasteiger partial charge on any atom is -0.494 e. The maximum Gasteiger partial charge on any atom is 0.343 e. The molecule has 0 bridgehead atoms. The Morgan fingerprint density at radius 1 is 1.19 bits per heavy atom. The molecule has 1 saturated heterocycles.